The molecule has 0 fully saturated rings. The van der Waals surface area contributed by atoms with Crippen molar-refractivity contribution in [2.45, 2.75) is 0 Å². The van der Waals surface area contributed by atoms with E-state index in [1.54, 1.807) is 0 Å². The van der Waals surface area contributed by atoms with Crippen molar-refractivity contribution in [3.63, 3.8) is 0 Å². The third-order valence-corrected chi connectivity index (χ3v) is 0. The summed E-state index contributed by atoms with van der Waals surface area (Å²) in [5.41, 5.74) is 0. The number of hydrogen-bond acceptors (Lipinski definition) is 1. The van der Waals surface area contributed by atoms with Crippen LogP contribution >= 0.6 is 0 Å². The standard InChI is InChI=1S/Lu.H2O3S/c;1-4(2)3/h;(H2,1,2,3). The summed E-state index contributed by atoms with van der Waals surface area (Å²) in [4.78, 5) is 0. The molecular formula is H2LuO3S. The first kappa shape index (κ1) is 9.57. The summed E-state index contributed by atoms with van der Waals surface area (Å²) in [5, 5.41) is 0. The molecule has 0 unspecified atom stereocenters. The van der Waals surface area contributed by atoms with E-state index in [2.05, 4.69) is 0 Å². The molecule has 0 atom stereocenters. The third-order valence-electron chi connectivity index (χ3n) is 0. The molecule has 0 aliphatic carbocycles. The van der Waals surface area contributed by atoms with E-state index in [1.807, 2.05) is 0 Å². The largest absolute Gasteiger partial charge is 0.299 e. The molecule has 0 heterocycles. The molecule has 0 bridgehead atoms. The first-order valence-corrected chi connectivity index (χ1v) is 1.60. The third kappa shape index (κ3) is 34.1. The monoisotopic (exact) mass is 257 g/mol. The molecule has 0 aliphatic rings. The topological polar surface area (TPSA) is 57.5 Å². The van der Waals surface area contributed by atoms with E-state index < -0.39 is 11.4 Å². The molecule has 5 heavy (non-hydrogen) atoms. The van der Waals surface area contributed by atoms with Crippen LogP contribution in [0.2, 0.25) is 0 Å². The average Bonchev–Trinajstić information content (AvgIpc) is 0.811. The first-order chi connectivity index (χ1) is 1.73. The first-order valence-electron chi connectivity index (χ1n) is 0.532. The van der Waals surface area contributed by atoms with Gasteiger partial charge in [0, 0.05) is 36.9 Å². The van der Waals surface area contributed by atoms with Gasteiger partial charge in [-0.2, -0.15) is 4.21 Å². The molecule has 0 saturated heterocycles. The Bertz CT molecular complexity index is 29.9. The van der Waals surface area contributed by atoms with Gasteiger partial charge >= 0.3 is 0 Å². The van der Waals surface area contributed by atoms with Gasteiger partial charge in [-0.05, 0) is 0 Å². The molecule has 0 aromatic rings. The molecule has 0 rings (SSSR count). The van der Waals surface area contributed by atoms with Gasteiger partial charge in [-0.15, -0.1) is 0 Å². The Kier molecular flexibility index (Phi) is 10.2. The second kappa shape index (κ2) is 5.30. The molecule has 1 radical (unpaired) electrons. The van der Waals surface area contributed by atoms with Crippen molar-refractivity contribution >= 4 is 11.4 Å². The minimum absolute atomic E-state index is 0. The molecule has 0 amide bonds. The predicted octanol–water partition coefficient (Wildman–Crippen LogP) is -0.319. The van der Waals surface area contributed by atoms with Crippen LogP contribution in [0.4, 0.5) is 0 Å². The van der Waals surface area contributed by atoms with Crippen LogP contribution in [0.3, 0.4) is 0 Å². The minimum atomic E-state index is -2.61. The predicted molar refractivity (Wildman–Crippen MR) is 13.4 cm³/mol. The van der Waals surface area contributed by atoms with Crippen molar-refractivity contribution in [1.82, 2.24) is 0 Å². The Labute approximate surface area is 61.1 Å². The van der Waals surface area contributed by atoms with Gasteiger partial charge in [0.1, 0.15) is 0 Å². The second-order valence-corrected chi connectivity index (χ2v) is 0.692. The zero-order chi connectivity index (χ0) is 3.58. The van der Waals surface area contributed by atoms with Crippen LogP contribution in [-0.2, 0) is 11.4 Å². The van der Waals surface area contributed by atoms with Gasteiger partial charge in [0.25, 0.3) is 11.4 Å². The number of rotatable bonds is 0. The summed E-state index contributed by atoms with van der Waals surface area (Å²) in [6.45, 7) is 0. The van der Waals surface area contributed by atoms with Crippen molar-refractivity contribution in [3.8, 4) is 0 Å². The van der Waals surface area contributed by atoms with Crippen molar-refractivity contribution < 1.29 is 50.2 Å². The molecule has 2 N–H and O–H groups in total. The summed E-state index contributed by atoms with van der Waals surface area (Å²) in [5.74, 6) is 0. The Balaban J connectivity index is 0. The van der Waals surface area contributed by atoms with Crippen LogP contribution in [0.5, 0.6) is 0 Å². The average molecular weight is 257 g/mol. The van der Waals surface area contributed by atoms with E-state index in [9.17, 15) is 0 Å². The smallest absolute Gasteiger partial charge is 0.284 e. The van der Waals surface area contributed by atoms with Crippen LogP contribution in [-0.4, -0.2) is 13.3 Å². The molecule has 0 spiro atoms. The van der Waals surface area contributed by atoms with Gasteiger partial charge in [0.05, 0.1) is 0 Å². The summed E-state index contributed by atoms with van der Waals surface area (Å²) in [6.07, 6.45) is 0. The Hall–Kier alpha value is 1.30. The van der Waals surface area contributed by atoms with E-state index in [1.165, 1.54) is 0 Å². The molecule has 41 valence electrons. The van der Waals surface area contributed by atoms with Gasteiger partial charge < -0.3 is 0 Å². The van der Waals surface area contributed by atoms with Gasteiger partial charge in [-0.1, -0.05) is 0 Å². The van der Waals surface area contributed by atoms with Gasteiger partial charge in [-0.3, -0.25) is 9.11 Å². The fraction of sp³-hybridized carbons (Fsp3) is 0. The normalized spacial score (nSPS) is 7.00. The summed E-state index contributed by atoms with van der Waals surface area (Å²) in [6, 6.07) is 0. The quantitative estimate of drug-likeness (QED) is 0.585. The summed E-state index contributed by atoms with van der Waals surface area (Å²) < 4.78 is 22.8. The van der Waals surface area contributed by atoms with Crippen LogP contribution in [0.1, 0.15) is 0 Å². The maximum atomic E-state index is 8.67. The molecule has 0 aromatic heterocycles. The molecule has 0 aliphatic heterocycles. The molecule has 3 nitrogen and oxygen atoms in total. The maximum Gasteiger partial charge on any atom is 0.299 e. The van der Waals surface area contributed by atoms with Gasteiger partial charge in [-0.25, -0.2) is 0 Å². The summed E-state index contributed by atoms with van der Waals surface area (Å²) >= 11 is -2.61. The Morgan fingerprint density at radius 3 is 1.40 bits per heavy atom. The fourth-order valence-corrected chi connectivity index (χ4v) is 0. The van der Waals surface area contributed by atoms with E-state index in [4.69, 9.17) is 13.3 Å². The Morgan fingerprint density at radius 1 is 1.40 bits per heavy atom. The van der Waals surface area contributed by atoms with E-state index in [0.29, 0.717) is 0 Å². The van der Waals surface area contributed by atoms with Crippen LogP contribution in [0.15, 0.2) is 0 Å². The van der Waals surface area contributed by atoms with Gasteiger partial charge in [0.15, 0.2) is 0 Å². The molecular weight excluding hydrogens is 255 g/mol. The van der Waals surface area contributed by atoms with E-state index >= 15 is 0 Å². The number of hydrogen-bond donors (Lipinski definition) is 2. The molecule has 0 saturated carbocycles. The van der Waals surface area contributed by atoms with Crippen LogP contribution < -0.4 is 0 Å². The Morgan fingerprint density at radius 2 is 1.40 bits per heavy atom. The van der Waals surface area contributed by atoms with Crippen molar-refractivity contribution in [2.75, 3.05) is 0 Å². The van der Waals surface area contributed by atoms with E-state index in [-0.39, 0.29) is 36.9 Å². The van der Waals surface area contributed by atoms with Crippen molar-refractivity contribution in [3.05, 3.63) is 0 Å². The van der Waals surface area contributed by atoms with Gasteiger partial charge in [0.2, 0.25) is 0 Å². The maximum absolute atomic E-state index is 8.67. The summed E-state index contributed by atoms with van der Waals surface area (Å²) in [7, 11) is 0. The fourth-order valence-electron chi connectivity index (χ4n) is 0. The molecule has 5 heteroatoms. The second-order valence-electron chi connectivity index (χ2n) is 0.231. The van der Waals surface area contributed by atoms with Crippen molar-refractivity contribution in [1.29, 1.82) is 0 Å². The van der Waals surface area contributed by atoms with Crippen LogP contribution in [0, 0.1) is 36.9 Å². The zero-order valence-corrected chi connectivity index (χ0v) is 4.44. The van der Waals surface area contributed by atoms with Crippen molar-refractivity contribution in [2.24, 2.45) is 0 Å². The zero-order valence-electron chi connectivity index (χ0n) is 1.97. The van der Waals surface area contributed by atoms with E-state index in [0.717, 1.165) is 0 Å². The van der Waals surface area contributed by atoms with Crippen LogP contribution in [0.25, 0.3) is 0 Å². The minimum Gasteiger partial charge on any atom is -0.284 e. The molecule has 0 aromatic carbocycles. The SMILES string of the molecule is O=S(O)O.[Lu].